The van der Waals surface area contributed by atoms with Gasteiger partial charge in [0.05, 0.1) is 0 Å². The van der Waals surface area contributed by atoms with Crippen molar-refractivity contribution in [3.8, 4) is 0 Å². The van der Waals surface area contributed by atoms with E-state index in [9.17, 15) is 0 Å². The van der Waals surface area contributed by atoms with E-state index in [2.05, 4.69) is 23.3 Å². The largest absolute Gasteiger partial charge is 0.381 e. The lowest BCUT2D eigenvalue weighted by Crippen LogP contribution is -2.18. The Labute approximate surface area is 83.1 Å². The van der Waals surface area contributed by atoms with Gasteiger partial charge < -0.3 is 5.32 Å². The molecule has 0 bridgehead atoms. The van der Waals surface area contributed by atoms with Crippen molar-refractivity contribution in [2.75, 3.05) is 16.8 Å². The monoisotopic (exact) mass is 194 g/mol. The van der Waals surface area contributed by atoms with Crippen molar-refractivity contribution in [3.63, 3.8) is 0 Å². The first kappa shape index (κ1) is 8.88. The molecule has 0 amide bonds. The van der Waals surface area contributed by atoms with Gasteiger partial charge in [0, 0.05) is 29.9 Å². The van der Waals surface area contributed by atoms with Gasteiger partial charge in [-0.15, -0.1) is 0 Å². The number of anilines is 1. The Morgan fingerprint density at radius 2 is 2.54 bits per heavy atom. The molecule has 1 aromatic rings. The molecule has 1 aromatic heterocycles. The van der Waals surface area contributed by atoms with Crippen LogP contribution in [0.15, 0.2) is 18.5 Å². The number of rotatable bonds is 2. The zero-order valence-corrected chi connectivity index (χ0v) is 8.60. The lowest BCUT2D eigenvalue weighted by Gasteiger charge is -2.14. The summed E-state index contributed by atoms with van der Waals surface area (Å²) in [6.07, 6.45) is 5.04. The van der Waals surface area contributed by atoms with Gasteiger partial charge in [-0.05, 0) is 30.7 Å². The molecule has 1 atom stereocenters. The van der Waals surface area contributed by atoms with Crippen molar-refractivity contribution >= 4 is 17.4 Å². The molecular formula is C10H14N2S. The minimum Gasteiger partial charge on any atom is -0.381 e. The van der Waals surface area contributed by atoms with Crippen molar-refractivity contribution in [1.82, 2.24) is 4.98 Å². The third-order valence-corrected chi connectivity index (χ3v) is 3.47. The summed E-state index contributed by atoms with van der Waals surface area (Å²) in [6, 6.07) is 2.71. The van der Waals surface area contributed by atoms with Crippen LogP contribution in [-0.4, -0.2) is 22.5 Å². The van der Waals surface area contributed by atoms with Gasteiger partial charge in [0.1, 0.15) is 0 Å². The fraction of sp³-hybridized carbons (Fsp3) is 0.500. The van der Waals surface area contributed by atoms with Crippen LogP contribution in [0.2, 0.25) is 0 Å². The zero-order valence-electron chi connectivity index (χ0n) is 7.79. The second-order valence-corrected chi connectivity index (χ2v) is 4.55. The summed E-state index contributed by atoms with van der Waals surface area (Å²) in [5, 5.41) is 3.55. The van der Waals surface area contributed by atoms with Gasteiger partial charge in [0.15, 0.2) is 0 Å². The number of pyridine rings is 1. The Bertz CT molecular complexity index is 282. The van der Waals surface area contributed by atoms with Crippen LogP contribution < -0.4 is 5.32 Å². The van der Waals surface area contributed by atoms with Crippen LogP contribution in [0.25, 0.3) is 0 Å². The number of nitrogens with one attached hydrogen (secondary N) is 1. The summed E-state index contributed by atoms with van der Waals surface area (Å²) in [7, 11) is 0. The van der Waals surface area contributed by atoms with Crippen LogP contribution in [0, 0.1) is 6.92 Å². The Hall–Kier alpha value is -0.700. The second kappa shape index (κ2) is 4.01. The summed E-state index contributed by atoms with van der Waals surface area (Å²) >= 11 is 2.03. The highest BCUT2D eigenvalue weighted by Gasteiger charge is 2.15. The van der Waals surface area contributed by atoms with Crippen molar-refractivity contribution in [2.45, 2.75) is 19.4 Å². The topological polar surface area (TPSA) is 24.9 Å². The van der Waals surface area contributed by atoms with Gasteiger partial charge in [0.25, 0.3) is 0 Å². The molecule has 2 rings (SSSR count). The van der Waals surface area contributed by atoms with E-state index < -0.39 is 0 Å². The van der Waals surface area contributed by atoms with E-state index >= 15 is 0 Å². The Balaban J connectivity index is 2.04. The van der Waals surface area contributed by atoms with Crippen molar-refractivity contribution in [2.24, 2.45) is 0 Å². The molecular weight excluding hydrogens is 180 g/mol. The molecule has 0 saturated carbocycles. The molecule has 0 spiro atoms. The van der Waals surface area contributed by atoms with Crippen LogP contribution in [0.3, 0.4) is 0 Å². The van der Waals surface area contributed by atoms with Gasteiger partial charge in [-0.25, -0.2) is 0 Å². The molecule has 0 aliphatic carbocycles. The van der Waals surface area contributed by atoms with Crippen molar-refractivity contribution in [3.05, 3.63) is 24.0 Å². The van der Waals surface area contributed by atoms with E-state index in [1.807, 2.05) is 24.2 Å². The molecule has 3 heteroatoms. The van der Waals surface area contributed by atoms with Crippen LogP contribution in [0.4, 0.5) is 5.69 Å². The normalized spacial score (nSPS) is 21.8. The second-order valence-electron chi connectivity index (χ2n) is 3.40. The lowest BCUT2D eigenvalue weighted by molar-refractivity contribution is 0.811. The molecule has 1 aliphatic rings. The number of aromatic nitrogens is 1. The number of hydrogen-bond donors (Lipinski definition) is 1. The highest BCUT2D eigenvalue weighted by molar-refractivity contribution is 7.99. The molecule has 1 fully saturated rings. The molecule has 13 heavy (non-hydrogen) atoms. The molecule has 1 N–H and O–H groups in total. The standard InChI is InChI=1S/C10H14N2S/c1-8-6-11-4-2-10(8)12-9-3-5-13-7-9/h2,4,6,9H,3,5,7H2,1H3,(H,11,12). The predicted molar refractivity (Wildman–Crippen MR) is 58.3 cm³/mol. The number of hydrogen-bond acceptors (Lipinski definition) is 3. The maximum Gasteiger partial charge on any atom is 0.0403 e. The quantitative estimate of drug-likeness (QED) is 0.782. The molecule has 2 nitrogen and oxygen atoms in total. The lowest BCUT2D eigenvalue weighted by atomic mass is 10.2. The first-order chi connectivity index (χ1) is 6.36. The van der Waals surface area contributed by atoms with Gasteiger partial charge in [-0.1, -0.05) is 0 Å². The minimum absolute atomic E-state index is 0.658. The number of thioether (sulfide) groups is 1. The fourth-order valence-electron chi connectivity index (χ4n) is 1.50. The molecule has 70 valence electrons. The summed E-state index contributed by atoms with van der Waals surface area (Å²) in [5.74, 6) is 2.53. The van der Waals surface area contributed by atoms with E-state index in [0.29, 0.717) is 6.04 Å². The van der Waals surface area contributed by atoms with Crippen LogP contribution in [-0.2, 0) is 0 Å². The summed E-state index contributed by atoms with van der Waals surface area (Å²) in [6.45, 7) is 2.09. The van der Waals surface area contributed by atoms with Crippen LogP contribution >= 0.6 is 11.8 Å². The van der Waals surface area contributed by atoms with E-state index in [0.717, 1.165) is 0 Å². The molecule has 1 unspecified atom stereocenters. The van der Waals surface area contributed by atoms with Crippen molar-refractivity contribution in [1.29, 1.82) is 0 Å². The SMILES string of the molecule is Cc1cnccc1NC1CCSC1. The summed E-state index contributed by atoms with van der Waals surface area (Å²) in [4.78, 5) is 4.07. The smallest absolute Gasteiger partial charge is 0.0403 e. The molecule has 1 saturated heterocycles. The molecule has 2 heterocycles. The summed E-state index contributed by atoms with van der Waals surface area (Å²) in [5.41, 5.74) is 2.47. The Kier molecular flexibility index (Phi) is 2.74. The fourth-order valence-corrected chi connectivity index (χ4v) is 2.66. The Morgan fingerprint density at radius 1 is 1.62 bits per heavy atom. The average Bonchev–Trinajstić information content (AvgIpc) is 2.61. The average molecular weight is 194 g/mol. The van der Waals surface area contributed by atoms with Gasteiger partial charge >= 0.3 is 0 Å². The van der Waals surface area contributed by atoms with E-state index in [4.69, 9.17) is 0 Å². The maximum atomic E-state index is 4.07. The third kappa shape index (κ3) is 2.15. The van der Waals surface area contributed by atoms with Crippen molar-refractivity contribution < 1.29 is 0 Å². The third-order valence-electron chi connectivity index (χ3n) is 2.31. The summed E-state index contributed by atoms with van der Waals surface area (Å²) < 4.78 is 0. The highest BCUT2D eigenvalue weighted by Crippen LogP contribution is 2.22. The predicted octanol–water partition coefficient (Wildman–Crippen LogP) is 2.31. The van der Waals surface area contributed by atoms with Gasteiger partial charge in [-0.2, -0.15) is 11.8 Å². The minimum atomic E-state index is 0.658. The highest BCUT2D eigenvalue weighted by atomic mass is 32.2. The van der Waals surface area contributed by atoms with Crippen LogP contribution in [0.5, 0.6) is 0 Å². The van der Waals surface area contributed by atoms with Gasteiger partial charge in [-0.3, -0.25) is 4.98 Å². The van der Waals surface area contributed by atoms with E-state index in [1.54, 1.807) is 0 Å². The van der Waals surface area contributed by atoms with E-state index in [-0.39, 0.29) is 0 Å². The van der Waals surface area contributed by atoms with Gasteiger partial charge in [0.2, 0.25) is 0 Å². The number of nitrogens with zero attached hydrogens (tertiary/aromatic N) is 1. The zero-order chi connectivity index (χ0) is 9.10. The maximum absolute atomic E-state index is 4.07. The molecule has 0 radical (unpaired) electrons. The Morgan fingerprint density at radius 3 is 3.23 bits per heavy atom. The van der Waals surface area contributed by atoms with E-state index in [1.165, 1.54) is 29.2 Å². The first-order valence-electron chi connectivity index (χ1n) is 4.61. The van der Waals surface area contributed by atoms with Crippen LogP contribution in [0.1, 0.15) is 12.0 Å². The molecule has 0 aromatic carbocycles. The number of aryl methyl sites for hydroxylation is 1. The first-order valence-corrected chi connectivity index (χ1v) is 5.76. The molecule has 1 aliphatic heterocycles.